The molecule has 1 aliphatic rings. The number of hydrogen-bond acceptors (Lipinski definition) is 4. The SMILES string of the molecule is NC(=O)C1CCCN(CCNC(=O)c2cccc(-c3ncccc3F)c2)C1. The molecular formula is C20H23FN4O2. The zero-order valence-electron chi connectivity index (χ0n) is 15.0. The van der Waals surface area contributed by atoms with Crippen molar-refractivity contribution in [3.05, 3.63) is 54.0 Å². The summed E-state index contributed by atoms with van der Waals surface area (Å²) in [4.78, 5) is 29.9. The van der Waals surface area contributed by atoms with Crippen LogP contribution in [-0.4, -0.2) is 47.9 Å². The maximum atomic E-state index is 13.9. The molecule has 1 aromatic carbocycles. The largest absolute Gasteiger partial charge is 0.369 e. The number of amides is 2. The van der Waals surface area contributed by atoms with Crippen molar-refractivity contribution in [3.8, 4) is 11.3 Å². The fourth-order valence-corrected chi connectivity index (χ4v) is 3.33. The van der Waals surface area contributed by atoms with Crippen LogP contribution in [0.25, 0.3) is 11.3 Å². The maximum absolute atomic E-state index is 13.9. The van der Waals surface area contributed by atoms with Crippen molar-refractivity contribution < 1.29 is 14.0 Å². The number of rotatable bonds is 6. The molecule has 1 unspecified atom stereocenters. The molecule has 0 bridgehead atoms. The predicted molar refractivity (Wildman–Crippen MR) is 100 cm³/mol. The molecule has 0 spiro atoms. The highest BCUT2D eigenvalue weighted by atomic mass is 19.1. The summed E-state index contributed by atoms with van der Waals surface area (Å²) in [6.45, 7) is 2.66. The summed E-state index contributed by atoms with van der Waals surface area (Å²) in [5, 5.41) is 2.87. The van der Waals surface area contributed by atoms with E-state index in [-0.39, 0.29) is 23.4 Å². The third-order valence-corrected chi connectivity index (χ3v) is 4.78. The van der Waals surface area contributed by atoms with Crippen LogP contribution in [0.2, 0.25) is 0 Å². The molecule has 1 aromatic heterocycles. The van der Waals surface area contributed by atoms with Gasteiger partial charge in [0.25, 0.3) is 5.91 Å². The third-order valence-electron chi connectivity index (χ3n) is 4.78. The molecule has 1 aliphatic heterocycles. The molecule has 142 valence electrons. The second kappa shape index (κ2) is 8.73. The third kappa shape index (κ3) is 4.89. The molecule has 1 atom stereocenters. The van der Waals surface area contributed by atoms with Crippen molar-refractivity contribution in [1.29, 1.82) is 0 Å². The molecular weight excluding hydrogens is 347 g/mol. The Balaban J connectivity index is 1.56. The standard InChI is InChI=1S/C20H23FN4O2/c21-17-7-2-8-23-18(17)14-4-1-5-15(12-14)20(27)24-9-11-25-10-3-6-16(13-25)19(22)26/h1-2,4-5,7-8,12,16H,3,6,9-11,13H2,(H2,22,26)(H,24,27). The van der Waals surface area contributed by atoms with Gasteiger partial charge in [0.05, 0.1) is 5.92 Å². The molecule has 0 aliphatic carbocycles. The first-order chi connectivity index (χ1) is 13.0. The van der Waals surface area contributed by atoms with E-state index in [1.54, 1.807) is 24.3 Å². The lowest BCUT2D eigenvalue weighted by atomic mass is 9.97. The fraction of sp³-hybridized carbons (Fsp3) is 0.350. The number of carbonyl (C=O) groups is 2. The monoisotopic (exact) mass is 370 g/mol. The van der Waals surface area contributed by atoms with Gasteiger partial charge in [0.15, 0.2) is 0 Å². The molecule has 2 heterocycles. The Morgan fingerprint density at radius 1 is 1.30 bits per heavy atom. The first-order valence-corrected chi connectivity index (χ1v) is 9.05. The fourth-order valence-electron chi connectivity index (χ4n) is 3.33. The van der Waals surface area contributed by atoms with Crippen LogP contribution in [0.1, 0.15) is 23.2 Å². The second-order valence-corrected chi connectivity index (χ2v) is 6.71. The van der Waals surface area contributed by atoms with Crippen molar-refractivity contribution in [2.24, 2.45) is 11.7 Å². The Bertz CT molecular complexity index is 827. The molecule has 3 rings (SSSR count). The molecule has 2 amide bonds. The molecule has 7 heteroatoms. The van der Waals surface area contributed by atoms with E-state index in [2.05, 4.69) is 15.2 Å². The lowest BCUT2D eigenvalue weighted by Gasteiger charge is -2.31. The van der Waals surface area contributed by atoms with Crippen molar-refractivity contribution in [1.82, 2.24) is 15.2 Å². The minimum atomic E-state index is -0.427. The van der Waals surface area contributed by atoms with E-state index < -0.39 is 5.82 Å². The van der Waals surface area contributed by atoms with Gasteiger partial charge in [-0.3, -0.25) is 14.6 Å². The number of hydrogen-bond donors (Lipinski definition) is 2. The Kier molecular flexibility index (Phi) is 6.13. The van der Waals surface area contributed by atoms with Gasteiger partial charge in [0, 0.05) is 37.0 Å². The number of piperidine rings is 1. The minimum absolute atomic E-state index is 0.112. The van der Waals surface area contributed by atoms with Crippen LogP contribution in [0.4, 0.5) is 4.39 Å². The number of primary amides is 1. The smallest absolute Gasteiger partial charge is 0.251 e. The number of benzene rings is 1. The predicted octanol–water partition coefficient (Wildman–Crippen LogP) is 1.81. The first-order valence-electron chi connectivity index (χ1n) is 9.05. The summed E-state index contributed by atoms with van der Waals surface area (Å²) in [5.74, 6) is -1.03. The highest BCUT2D eigenvalue weighted by molar-refractivity contribution is 5.95. The normalized spacial score (nSPS) is 17.4. The molecule has 3 N–H and O–H groups in total. The van der Waals surface area contributed by atoms with Crippen LogP contribution >= 0.6 is 0 Å². The van der Waals surface area contributed by atoms with Gasteiger partial charge >= 0.3 is 0 Å². The van der Waals surface area contributed by atoms with Crippen LogP contribution in [0.15, 0.2) is 42.6 Å². The number of likely N-dealkylation sites (tertiary alicyclic amines) is 1. The topological polar surface area (TPSA) is 88.3 Å². The number of halogens is 1. The highest BCUT2D eigenvalue weighted by Gasteiger charge is 2.23. The summed E-state index contributed by atoms with van der Waals surface area (Å²) >= 11 is 0. The number of nitrogens with zero attached hydrogens (tertiary/aromatic N) is 2. The van der Waals surface area contributed by atoms with Gasteiger partial charge < -0.3 is 16.0 Å². The van der Waals surface area contributed by atoms with Crippen molar-refractivity contribution in [2.45, 2.75) is 12.8 Å². The molecule has 2 aromatic rings. The summed E-state index contributed by atoms with van der Waals surface area (Å²) in [6.07, 6.45) is 3.28. The maximum Gasteiger partial charge on any atom is 0.251 e. The van der Waals surface area contributed by atoms with Gasteiger partial charge in [-0.1, -0.05) is 12.1 Å². The number of nitrogens with two attached hydrogens (primary N) is 1. The number of pyridine rings is 1. The van der Waals surface area contributed by atoms with Gasteiger partial charge in [-0.15, -0.1) is 0 Å². The van der Waals surface area contributed by atoms with Crippen molar-refractivity contribution >= 4 is 11.8 Å². The average molecular weight is 370 g/mol. The number of nitrogens with one attached hydrogen (secondary N) is 1. The number of aromatic nitrogens is 1. The van der Waals surface area contributed by atoms with E-state index in [9.17, 15) is 14.0 Å². The first kappa shape index (κ1) is 19.0. The Morgan fingerprint density at radius 3 is 2.93 bits per heavy atom. The van der Waals surface area contributed by atoms with Gasteiger partial charge in [-0.2, -0.15) is 0 Å². The summed E-state index contributed by atoms with van der Waals surface area (Å²) in [5.41, 5.74) is 6.61. The van der Waals surface area contributed by atoms with E-state index in [0.29, 0.717) is 30.8 Å². The van der Waals surface area contributed by atoms with Gasteiger partial charge in [-0.25, -0.2) is 4.39 Å². The quantitative estimate of drug-likeness (QED) is 0.812. The molecule has 27 heavy (non-hydrogen) atoms. The van der Waals surface area contributed by atoms with Crippen LogP contribution in [0.3, 0.4) is 0 Å². The van der Waals surface area contributed by atoms with Gasteiger partial charge in [0.1, 0.15) is 11.5 Å². The second-order valence-electron chi connectivity index (χ2n) is 6.71. The molecule has 1 fully saturated rings. The number of carbonyl (C=O) groups excluding carboxylic acids is 2. The summed E-state index contributed by atoms with van der Waals surface area (Å²) < 4.78 is 13.9. The summed E-state index contributed by atoms with van der Waals surface area (Å²) in [6, 6.07) is 9.61. The molecule has 0 radical (unpaired) electrons. The molecule has 6 nitrogen and oxygen atoms in total. The van der Waals surface area contributed by atoms with Crippen LogP contribution < -0.4 is 11.1 Å². The van der Waals surface area contributed by atoms with E-state index in [1.165, 1.54) is 18.3 Å². The minimum Gasteiger partial charge on any atom is -0.369 e. The van der Waals surface area contributed by atoms with Crippen LogP contribution in [0, 0.1) is 11.7 Å². The Hall–Kier alpha value is -2.80. The highest BCUT2D eigenvalue weighted by Crippen LogP contribution is 2.21. The van der Waals surface area contributed by atoms with Crippen molar-refractivity contribution in [2.75, 3.05) is 26.2 Å². The van der Waals surface area contributed by atoms with E-state index in [1.807, 2.05) is 0 Å². The van der Waals surface area contributed by atoms with Crippen LogP contribution in [0.5, 0.6) is 0 Å². The average Bonchev–Trinajstić information content (AvgIpc) is 2.68. The lowest BCUT2D eigenvalue weighted by molar-refractivity contribution is -0.123. The zero-order chi connectivity index (χ0) is 19.2. The Labute approximate surface area is 157 Å². The Morgan fingerprint density at radius 2 is 2.15 bits per heavy atom. The van der Waals surface area contributed by atoms with Gasteiger partial charge in [0.2, 0.25) is 5.91 Å². The lowest BCUT2D eigenvalue weighted by Crippen LogP contribution is -2.44. The van der Waals surface area contributed by atoms with E-state index in [4.69, 9.17) is 5.73 Å². The van der Waals surface area contributed by atoms with Gasteiger partial charge in [-0.05, 0) is 43.7 Å². The summed E-state index contributed by atoms with van der Waals surface area (Å²) in [7, 11) is 0. The molecule has 0 saturated carbocycles. The van der Waals surface area contributed by atoms with E-state index >= 15 is 0 Å². The zero-order valence-corrected chi connectivity index (χ0v) is 15.0. The van der Waals surface area contributed by atoms with Crippen LogP contribution in [-0.2, 0) is 4.79 Å². The molecule has 1 saturated heterocycles. The van der Waals surface area contributed by atoms with Crippen molar-refractivity contribution in [3.63, 3.8) is 0 Å². The van der Waals surface area contributed by atoms with E-state index in [0.717, 1.165) is 19.4 Å².